The maximum atomic E-state index is 12.7. The number of rotatable bonds is 5. The summed E-state index contributed by atoms with van der Waals surface area (Å²) >= 11 is 0. The number of fused-ring (bicyclic) bond motifs is 1. The molecule has 0 unspecified atom stereocenters. The Morgan fingerprint density at radius 3 is 2.33 bits per heavy atom. The SMILES string of the molecule is Cc1ccc(-c2nc3cc(C)ccn3c2/C=C/C(=O)NC(C)(C)CC(C)(C)C)cc1. The fraction of sp³-hybridized carbons (Fsp3) is 0.385. The van der Waals surface area contributed by atoms with Gasteiger partial charge in [-0.25, -0.2) is 4.98 Å². The molecule has 4 nitrogen and oxygen atoms in total. The van der Waals surface area contributed by atoms with Crippen LogP contribution in [0.2, 0.25) is 0 Å². The van der Waals surface area contributed by atoms with E-state index in [1.54, 1.807) is 6.08 Å². The van der Waals surface area contributed by atoms with E-state index >= 15 is 0 Å². The highest BCUT2D eigenvalue weighted by Gasteiger charge is 2.26. The van der Waals surface area contributed by atoms with Crippen LogP contribution in [-0.2, 0) is 4.79 Å². The third-order valence-electron chi connectivity index (χ3n) is 4.97. The molecule has 1 aromatic carbocycles. The Balaban J connectivity index is 1.95. The molecule has 0 bridgehead atoms. The Kier molecular flexibility index (Phi) is 5.89. The van der Waals surface area contributed by atoms with Crippen molar-refractivity contribution in [3.05, 3.63) is 65.5 Å². The first-order valence-electron chi connectivity index (χ1n) is 10.5. The number of nitrogens with one attached hydrogen (secondary N) is 1. The predicted octanol–water partition coefficient (Wildman–Crippen LogP) is 5.96. The highest BCUT2D eigenvalue weighted by atomic mass is 16.1. The molecule has 0 atom stereocenters. The van der Waals surface area contributed by atoms with Crippen molar-refractivity contribution in [2.45, 2.75) is 60.4 Å². The summed E-state index contributed by atoms with van der Waals surface area (Å²) in [5, 5.41) is 3.14. The average molecular weight is 404 g/mol. The highest BCUT2D eigenvalue weighted by Crippen LogP contribution is 2.28. The summed E-state index contributed by atoms with van der Waals surface area (Å²) in [6, 6.07) is 12.4. The van der Waals surface area contributed by atoms with Crippen LogP contribution in [0.1, 0.15) is 57.9 Å². The molecular weight excluding hydrogens is 370 g/mol. The smallest absolute Gasteiger partial charge is 0.244 e. The standard InChI is InChI=1S/C26H33N3O/c1-18-8-10-20(11-9-18)24-21(29-15-14-19(2)16-22(29)27-24)12-13-23(30)28-26(6,7)17-25(3,4)5/h8-16H,17H2,1-7H3,(H,28,30)/b13-12+. The van der Waals surface area contributed by atoms with Gasteiger partial charge in [-0.15, -0.1) is 0 Å². The zero-order valence-corrected chi connectivity index (χ0v) is 19.2. The molecule has 3 aromatic rings. The molecule has 0 aliphatic rings. The van der Waals surface area contributed by atoms with Gasteiger partial charge in [-0.2, -0.15) is 0 Å². The number of nitrogens with zero attached hydrogens (tertiary/aromatic N) is 2. The first-order chi connectivity index (χ1) is 13.9. The van der Waals surface area contributed by atoms with Gasteiger partial charge in [0, 0.05) is 23.4 Å². The van der Waals surface area contributed by atoms with E-state index in [-0.39, 0.29) is 16.9 Å². The maximum absolute atomic E-state index is 12.7. The molecular formula is C26H33N3O. The summed E-state index contributed by atoms with van der Waals surface area (Å²) in [7, 11) is 0. The fourth-order valence-electron chi connectivity index (χ4n) is 4.15. The maximum Gasteiger partial charge on any atom is 0.244 e. The zero-order valence-electron chi connectivity index (χ0n) is 19.2. The van der Waals surface area contributed by atoms with Crippen molar-refractivity contribution in [2.75, 3.05) is 0 Å². The molecule has 0 aliphatic carbocycles. The van der Waals surface area contributed by atoms with Crippen molar-refractivity contribution in [3.8, 4) is 11.3 Å². The van der Waals surface area contributed by atoms with Crippen molar-refractivity contribution in [2.24, 2.45) is 5.41 Å². The van der Waals surface area contributed by atoms with Crippen LogP contribution in [0.3, 0.4) is 0 Å². The summed E-state index contributed by atoms with van der Waals surface area (Å²) in [5.41, 5.74) is 5.90. The van der Waals surface area contributed by atoms with E-state index < -0.39 is 0 Å². The van der Waals surface area contributed by atoms with Crippen LogP contribution in [0.5, 0.6) is 0 Å². The molecule has 1 N–H and O–H groups in total. The molecule has 0 radical (unpaired) electrons. The van der Waals surface area contributed by atoms with Crippen molar-refractivity contribution in [1.29, 1.82) is 0 Å². The molecule has 158 valence electrons. The Bertz CT molecular complexity index is 1080. The fourth-order valence-corrected chi connectivity index (χ4v) is 4.15. The molecule has 0 saturated heterocycles. The van der Waals surface area contributed by atoms with Gasteiger partial charge in [0.25, 0.3) is 0 Å². The van der Waals surface area contributed by atoms with Gasteiger partial charge in [0.1, 0.15) is 5.65 Å². The molecule has 2 heterocycles. The van der Waals surface area contributed by atoms with E-state index in [0.717, 1.165) is 34.6 Å². The Morgan fingerprint density at radius 2 is 1.70 bits per heavy atom. The van der Waals surface area contributed by atoms with Crippen molar-refractivity contribution < 1.29 is 4.79 Å². The minimum absolute atomic E-state index is 0.0961. The first-order valence-corrected chi connectivity index (χ1v) is 10.5. The van der Waals surface area contributed by atoms with Crippen LogP contribution in [-0.4, -0.2) is 20.8 Å². The molecule has 3 rings (SSSR count). The second kappa shape index (κ2) is 8.10. The van der Waals surface area contributed by atoms with Crippen molar-refractivity contribution >= 4 is 17.6 Å². The van der Waals surface area contributed by atoms with E-state index in [0.29, 0.717) is 0 Å². The second-order valence-corrected chi connectivity index (χ2v) is 10.1. The summed E-state index contributed by atoms with van der Waals surface area (Å²) in [6.45, 7) is 14.8. The van der Waals surface area contributed by atoms with Crippen LogP contribution in [0.15, 0.2) is 48.7 Å². The predicted molar refractivity (Wildman–Crippen MR) is 125 cm³/mol. The van der Waals surface area contributed by atoms with Gasteiger partial charge < -0.3 is 5.32 Å². The topological polar surface area (TPSA) is 46.4 Å². The number of benzene rings is 1. The van der Waals surface area contributed by atoms with Crippen molar-refractivity contribution in [1.82, 2.24) is 14.7 Å². The molecule has 4 heteroatoms. The quantitative estimate of drug-likeness (QED) is 0.534. The van der Waals surface area contributed by atoms with Crippen molar-refractivity contribution in [3.63, 3.8) is 0 Å². The molecule has 30 heavy (non-hydrogen) atoms. The van der Waals surface area contributed by atoms with E-state index in [9.17, 15) is 4.79 Å². The van der Waals surface area contributed by atoms with E-state index in [1.807, 2.05) is 16.7 Å². The molecule has 1 amide bonds. The van der Waals surface area contributed by atoms with E-state index in [2.05, 4.69) is 90.2 Å². The van der Waals surface area contributed by atoms with Crippen LogP contribution in [0.4, 0.5) is 0 Å². The number of hydrogen-bond acceptors (Lipinski definition) is 2. The average Bonchev–Trinajstić information content (AvgIpc) is 2.95. The summed E-state index contributed by atoms with van der Waals surface area (Å²) in [5.74, 6) is -0.0961. The summed E-state index contributed by atoms with van der Waals surface area (Å²) in [4.78, 5) is 17.5. The largest absolute Gasteiger partial charge is 0.348 e. The monoisotopic (exact) mass is 403 g/mol. The Labute approximate surface area is 180 Å². The molecule has 0 aliphatic heterocycles. The molecule has 0 fully saturated rings. The van der Waals surface area contributed by atoms with Gasteiger partial charge in [0.15, 0.2) is 0 Å². The summed E-state index contributed by atoms with van der Waals surface area (Å²) < 4.78 is 2.03. The van der Waals surface area contributed by atoms with Gasteiger partial charge in [0.05, 0.1) is 11.4 Å². The summed E-state index contributed by atoms with van der Waals surface area (Å²) in [6.07, 6.45) is 6.39. The number of hydrogen-bond donors (Lipinski definition) is 1. The van der Waals surface area contributed by atoms with Crippen LogP contribution < -0.4 is 5.32 Å². The number of carbonyl (C=O) groups excluding carboxylic acids is 1. The third-order valence-corrected chi connectivity index (χ3v) is 4.97. The van der Waals surface area contributed by atoms with Gasteiger partial charge in [-0.3, -0.25) is 9.20 Å². The highest BCUT2D eigenvalue weighted by molar-refractivity contribution is 5.93. The second-order valence-electron chi connectivity index (χ2n) is 10.1. The number of aryl methyl sites for hydroxylation is 2. The van der Waals surface area contributed by atoms with E-state index in [4.69, 9.17) is 4.98 Å². The minimum atomic E-state index is -0.282. The van der Waals surface area contributed by atoms with E-state index in [1.165, 1.54) is 5.56 Å². The Hall–Kier alpha value is -2.88. The lowest BCUT2D eigenvalue weighted by Gasteiger charge is -2.32. The molecule has 0 spiro atoms. The lowest BCUT2D eigenvalue weighted by molar-refractivity contribution is -0.118. The first kappa shape index (κ1) is 21.8. The number of amides is 1. The number of carbonyl (C=O) groups is 1. The van der Waals surface area contributed by atoms with Crippen LogP contribution >= 0.6 is 0 Å². The van der Waals surface area contributed by atoms with Crippen LogP contribution in [0.25, 0.3) is 23.0 Å². The lowest BCUT2D eigenvalue weighted by Crippen LogP contribution is -2.45. The van der Waals surface area contributed by atoms with Gasteiger partial charge in [-0.05, 0) is 63.3 Å². The molecule has 0 saturated carbocycles. The lowest BCUT2D eigenvalue weighted by atomic mass is 9.82. The van der Waals surface area contributed by atoms with Gasteiger partial charge in [0.2, 0.25) is 5.91 Å². The number of imidazole rings is 1. The minimum Gasteiger partial charge on any atom is -0.348 e. The molecule has 2 aromatic heterocycles. The number of pyridine rings is 1. The normalized spacial score (nSPS) is 12.6. The number of aromatic nitrogens is 2. The van der Waals surface area contributed by atoms with Crippen LogP contribution in [0, 0.1) is 19.3 Å². The van der Waals surface area contributed by atoms with Gasteiger partial charge >= 0.3 is 0 Å². The third kappa shape index (κ3) is 5.38. The van der Waals surface area contributed by atoms with Gasteiger partial charge in [-0.1, -0.05) is 50.6 Å². The zero-order chi connectivity index (χ0) is 22.1. The Morgan fingerprint density at radius 1 is 1.03 bits per heavy atom.